The molecule has 0 fully saturated rings. The predicted octanol–water partition coefficient (Wildman–Crippen LogP) is 2.25. The van der Waals surface area contributed by atoms with Gasteiger partial charge < -0.3 is 4.90 Å². The van der Waals surface area contributed by atoms with Gasteiger partial charge in [0, 0.05) is 25.2 Å². The van der Waals surface area contributed by atoms with E-state index in [2.05, 4.69) is 14.7 Å². The zero-order valence-corrected chi connectivity index (χ0v) is 15.1. The molecule has 0 aliphatic carbocycles. The summed E-state index contributed by atoms with van der Waals surface area (Å²) in [6, 6.07) is 9.38. The Bertz CT molecular complexity index is 828. The fourth-order valence-corrected chi connectivity index (χ4v) is 2.76. The van der Waals surface area contributed by atoms with E-state index in [-0.39, 0.29) is 6.54 Å². The van der Waals surface area contributed by atoms with Gasteiger partial charge in [-0.3, -0.25) is 0 Å². The molecule has 0 saturated carbocycles. The summed E-state index contributed by atoms with van der Waals surface area (Å²) in [5, 5.41) is 1.17. The molecule has 2 aromatic rings. The second kappa shape index (κ2) is 7.55. The van der Waals surface area contributed by atoms with Crippen LogP contribution in [0.4, 0.5) is 5.95 Å². The summed E-state index contributed by atoms with van der Waals surface area (Å²) in [6.07, 6.45) is 1.57. The molecule has 0 amide bonds. The van der Waals surface area contributed by atoms with Crippen LogP contribution < -0.4 is 9.62 Å². The van der Waals surface area contributed by atoms with Crippen LogP contribution >= 0.6 is 0 Å². The number of rotatable bonds is 6. The lowest BCUT2D eigenvalue weighted by Crippen LogP contribution is -2.22. The molecule has 0 aliphatic rings. The Hall–Kier alpha value is -2.25. The summed E-state index contributed by atoms with van der Waals surface area (Å²) in [5.74, 6) is 0.555. The molecule has 0 unspecified atom stereocenters. The molecular formula is C17H22N4O2S. The van der Waals surface area contributed by atoms with Crippen molar-refractivity contribution in [3.63, 3.8) is 0 Å². The number of hydrogen-bond acceptors (Lipinski definition) is 5. The van der Waals surface area contributed by atoms with Gasteiger partial charge in [0.25, 0.3) is 0 Å². The van der Waals surface area contributed by atoms with Crippen molar-refractivity contribution in [3.05, 3.63) is 58.3 Å². The highest BCUT2D eigenvalue weighted by atomic mass is 32.2. The second-order valence-corrected chi connectivity index (χ2v) is 7.43. The van der Waals surface area contributed by atoms with Crippen LogP contribution in [-0.2, 0) is 16.6 Å². The molecule has 1 aromatic carbocycles. The summed E-state index contributed by atoms with van der Waals surface area (Å²) in [6.45, 7) is 3.95. The molecule has 0 aliphatic heterocycles. The van der Waals surface area contributed by atoms with Gasteiger partial charge in [-0.1, -0.05) is 29.8 Å². The van der Waals surface area contributed by atoms with E-state index in [1.54, 1.807) is 17.0 Å². The Balaban J connectivity index is 2.06. The van der Waals surface area contributed by atoms with E-state index in [4.69, 9.17) is 0 Å². The molecule has 6 nitrogen and oxygen atoms in total. The lowest BCUT2D eigenvalue weighted by Gasteiger charge is -2.12. The van der Waals surface area contributed by atoms with Crippen molar-refractivity contribution in [1.82, 2.24) is 14.7 Å². The van der Waals surface area contributed by atoms with Crippen LogP contribution in [-0.4, -0.2) is 32.5 Å². The summed E-state index contributed by atoms with van der Waals surface area (Å²) in [5.41, 5.74) is 3.37. The van der Waals surface area contributed by atoms with Crippen LogP contribution in [0.15, 0.2) is 35.7 Å². The zero-order valence-electron chi connectivity index (χ0n) is 14.3. The van der Waals surface area contributed by atoms with Gasteiger partial charge >= 0.3 is 0 Å². The van der Waals surface area contributed by atoms with Crippen molar-refractivity contribution in [2.24, 2.45) is 0 Å². The van der Waals surface area contributed by atoms with Gasteiger partial charge in [0.2, 0.25) is 16.0 Å². The Morgan fingerprint density at radius 3 is 2.42 bits per heavy atom. The molecule has 1 aromatic heterocycles. The van der Waals surface area contributed by atoms with Crippen LogP contribution in [0.5, 0.6) is 0 Å². The van der Waals surface area contributed by atoms with Gasteiger partial charge in [0.1, 0.15) is 0 Å². The third kappa shape index (κ3) is 5.43. The second-order valence-electron chi connectivity index (χ2n) is 5.77. The van der Waals surface area contributed by atoms with E-state index in [0.29, 0.717) is 11.6 Å². The number of aromatic nitrogens is 2. The first-order chi connectivity index (χ1) is 11.2. The van der Waals surface area contributed by atoms with E-state index in [0.717, 1.165) is 16.8 Å². The molecular weight excluding hydrogens is 324 g/mol. The SMILES string of the molecule is Cc1ccc(/C=C/S(=O)(=O)NCc2cc(C)nc(N(C)C)n2)cc1. The summed E-state index contributed by atoms with van der Waals surface area (Å²) in [7, 11) is 0.142. The van der Waals surface area contributed by atoms with Crippen molar-refractivity contribution in [1.29, 1.82) is 0 Å². The van der Waals surface area contributed by atoms with Gasteiger partial charge in [-0.15, -0.1) is 0 Å². The lowest BCUT2D eigenvalue weighted by atomic mass is 10.2. The van der Waals surface area contributed by atoms with Crippen molar-refractivity contribution in [2.45, 2.75) is 20.4 Å². The molecule has 128 valence electrons. The molecule has 24 heavy (non-hydrogen) atoms. The van der Waals surface area contributed by atoms with E-state index in [9.17, 15) is 8.42 Å². The zero-order chi connectivity index (χ0) is 17.7. The lowest BCUT2D eigenvalue weighted by molar-refractivity contribution is 0.589. The molecule has 7 heteroatoms. The molecule has 0 spiro atoms. The van der Waals surface area contributed by atoms with Gasteiger partial charge in [-0.2, -0.15) is 0 Å². The van der Waals surface area contributed by atoms with Crippen molar-refractivity contribution in [3.8, 4) is 0 Å². The largest absolute Gasteiger partial charge is 0.347 e. The van der Waals surface area contributed by atoms with Crippen LogP contribution in [0.25, 0.3) is 6.08 Å². The van der Waals surface area contributed by atoms with Crippen LogP contribution in [0.1, 0.15) is 22.5 Å². The Morgan fingerprint density at radius 1 is 1.12 bits per heavy atom. The van der Waals surface area contributed by atoms with Crippen LogP contribution in [0, 0.1) is 13.8 Å². The average Bonchev–Trinajstić information content (AvgIpc) is 2.52. The minimum absolute atomic E-state index is 0.116. The van der Waals surface area contributed by atoms with Gasteiger partial charge in [0.05, 0.1) is 12.2 Å². The minimum atomic E-state index is -3.54. The highest BCUT2D eigenvalue weighted by molar-refractivity contribution is 7.92. The number of anilines is 1. The van der Waals surface area contributed by atoms with E-state index >= 15 is 0 Å². The topological polar surface area (TPSA) is 75.2 Å². The Morgan fingerprint density at radius 2 is 1.79 bits per heavy atom. The maximum absolute atomic E-state index is 12.1. The molecule has 0 radical (unpaired) electrons. The van der Waals surface area contributed by atoms with E-state index in [1.807, 2.05) is 52.2 Å². The summed E-state index contributed by atoms with van der Waals surface area (Å²) < 4.78 is 26.7. The first kappa shape index (κ1) is 18.1. The maximum Gasteiger partial charge on any atom is 0.234 e. The smallest absolute Gasteiger partial charge is 0.234 e. The number of aryl methyl sites for hydroxylation is 2. The predicted molar refractivity (Wildman–Crippen MR) is 97.1 cm³/mol. The standard InChI is InChI=1S/C17H22N4O2S/c1-13-5-7-15(8-6-13)9-10-24(22,23)18-12-16-11-14(2)19-17(20-16)21(3)4/h5-11,18H,12H2,1-4H3/b10-9+. The third-order valence-corrected chi connectivity index (χ3v) is 4.31. The molecule has 0 bridgehead atoms. The number of sulfonamides is 1. The Labute approximate surface area is 143 Å². The molecule has 0 saturated heterocycles. The highest BCUT2D eigenvalue weighted by Crippen LogP contribution is 2.09. The van der Waals surface area contributed by atoms with E-state index in [1.165, 1.54) is 5.41 Å². The van der Waals surface area contributed by atoms with Gasteiger partial charge in [0.15, 0.2) is 0 Å². The highest BCUT2D eigenvalue weighted by Gasteiger charge is 2.08. The Kier molecular flexibility index (Phi) is 5.69. The first-order valence-electron chi connectivity index (χ1n) is 7.51. The van der Waals surface area contributed by atoms with Crippen LogP contribution in [0.2, 0.25) is 0 Å². The normalized spacial score (nSPS) is 11.8. The molecule has 1 heterocycles. The van der Waals surface area contributed by atoms with E-state index < -0.39 is 10.0 Å². The average molecular weight is 346 g/mol. The number of nitrogens with zero attached hydrogens (tertiary/aromatic N) is 3. The number of hydrogen-bond donors (Lipinski definition) is 1. The third-order valence-electron chi connectivity index (χ3n) is 3.27. The summed E-state index contributed by atoms with van der Waals surface area (Å²) >= 11 is 0. The van der Waals surface area contributed by atoms with Gasteiger partial charge in [-0.25, -0.2) is 23.1 Å². The van der Waals surface area contributed by atoms with Gasteiger partial charge in [-0.05, 0) is 31.6 Å². The fraction of sp³-hybridized carbons (Fsp3) is 0.294. The quantitative estimate of drug-likeness (QED) is 0.868. The number of benzene rings is 1. The fourth-order valence-electron chi connectivity index (χ4n) is 1.98. The maximum atomic E-state index is 12.1. The van der Waals surface area contributed by atoms with Crippen LogP contribution in [0.3, 0.4) is 0 Å². The monoisotopic (exact) mass is 346 g/mol. The minimum Gasteiger partial charge on any atom is -0.347 e. The first-order valence-corrected chi connectivity index (χ1v) is 9.06. The van der Waals surface area contributed by atoms with Crippen molar-refractivity contribution >= 4 is 22.0 Å². The molecule has 0 atom stereocenters. The van der Waals surface area contributed by atoms with Crippen molar-refractivity contribution < 1.29 is 8.42 Å². The number of nitrogens with one attached hydrogen (secondary N) is 1. The summed E-state index contributed by atoms with van der Waals surface area (Å²) in [4.78, 5) is 10.4. The molecule has 2 rings (SSSR count). The van der Waals surface area contributed by atoms with Crippen molar-refractivity contribution in [2.75, 3.05) is 19.0 Å². The molecule has 1 N–H and O–H groups in total.